The second kappa shape index (κ2) is 5.41. The lowest BCUT2D eigenvalue weighted by atomic mass is 9.65. The van der Waals surface area contributed by atoms with Gasteiger partial charge in [-0.1, -0.05) is 20.8 Å². The van der Waals surface area contributed by atoms with E-state index in [1.807, 2.05) is 13.8 Å². The number of hydrogen-bond donors (Lipinski definition) is 0. The molecule has 5 nitrogen and oxygen atoms in total. The molecule has 1 saturated carbocycles. The summed E-state index contributed by atoms with van der Waals surface area (Å²) in [5, 5.41) is 0.597. The number of aryl methyl sites for hydroxylation is 2. The topological polar surface area (TPSA) is 55.2 Å². The molecule has 0 spiro atoms. The van der Waals surface area contributed by atoms with Gasteiger partial charge in [0.05, 0.1) is 10.3 Å². The van der Waals surface area contributed by atoms with Gasteiger partial charge >= 0.3 is 0 Å². The van der Waals surface area contributed by atoms with Crippen LogP contribution in [0.4, 0.5) is 0 Å². The average Bonchev–Trinajstić information content (AvgIpc) is 2.97. The van der Waals surface area contributed by atoms with Gasteiger partial charge in [0.15, 0.2) is 0 Å². The number of fused-ring (bicyclic) bond motifs is 3. The predicted octanol–water partition coefficient (Wildman–Crippen LogP) is 3.65. The van der Waals surface area contributed by atoms with Gasteiger partial charge in [0.2, 0.25) is 0 Å². The third-order valence-corrected chi connectivity index (χ3v) is 7.44. The smallest absolute Gasteiger partial charge is 0.264 e. The van der Waals surface area contributed by atoms with Crippen molar-refractivity contribution in [2.45, 2.75) is 59.9 Å². The Hall–Kier alpha value is -1.69. The van der Waals surface area contributed by atoms with Crippen molar-refractivity contribution in [1.29, 1.82) is 0 Å². The van der Waals surface area contributed by atoms with E-state index < -0.39 is 0 Å². The molecule has 0 aromatic carbocycles. The normalized spacial score (nSPS) is 27.3. The van der Waals surface area contributed by atoms with Crippen molar-refractivity contribution >= 4 is 27.5 Å². The number of likely N-dealkylation sites (tertiary alicyclic amines) is 1. The van der Waals surface area contributed by atoms with Crippen LogP contribution >= 0.6 is 11.3 Å². The molecule has 2 aromatic rings. The van der Waals surface area contributed by atoms with Gasteiger partial charge in [0.1, 0.15) is 10.7 Å². The van der Waals surface area contributed by atoms with E-state index in [1.165, 1.54) is 11.3 Å². The summed E-state index contributed by atoms with van der Waals surface area (Å²) in [5.74, 6) is 0.755. The first-order valence-corrected chi connectivity index (χ1v) is 10.1. The Morgan fingerprint density at radius 1 is 1.23 bits per heavy atom. The van der Waals surface area contributed by atoms with Gasteiger partial charge in [-0.2, -0.15) is 0 Å². The molecule has 1 aliphatic heterocycles. The summed E-state index contributed by atoms with van der Waals surface area (Å²) < 4.78 is 1.56. The van der Waals surface area contributed by atoms with Gasteiger partial charge in [0, 0.05) is 19.6 Å². The molecule has 2 aliphatic rings. The van der Waals surface area contributed by atoms with Crippen LogP contribution in [-0.4, -0.2) is 32.9 Å². The summed E-state index contributed by atoms with van der Waals surface area (Å²) in [5.41, 5.74) is 1.20. The van der Waals surface area contributed by atoms with Crippen LogP contribution in [0.15, 0.2) is 4.79 Å². The highest BCUT2D eigenvalue weighted by Crippen LogP contribution is 2.53. The standard InChI is InChI=1S/C20H27N3O2S/c1-11-14-16(21-12(2)22(6)17(14)24)26-15(11)18(25)23-10-20(5)8-13(23)7-19(3,4)9-20/h13H,7-10H2,1-6H3. The van der Waals surface area contributed by atoms with Crippen molar-refractivity contribution in [2.24, 2.45) is 17.9 Å². The maximum Gasteiger partial charge on any atom is 0.264 e. The lowest BCUT2D eigenvalue weighted by Gasteiger charge is -2.39. The van der Waals surface area contributed by atoms with Gasteiger partial charge < -0.3 is 4.90 Å². The van der Waals surface area contributed by atoms with E-state index in [9.17, 15) is 9.59 Å². The summed E-state index contributed by atoms with van der Waals surface area (Å²) >= 11 is 1.37. The van der Waals surface area contributed by atoms with Gasteiger partial charge in [-0.25, -0.2) is 4.98 Å². The summed E-state index contributed by atoms with van der Waals surface area (Å²) in [4.78, 5) is 34.0. The fourth-order valence-corrected chi connectivity index (χ4v) is 6.57. The van der Waals surface area contributed by atoms with E-state index in [0.717, 1.165) is 31.4 Å². The van der Waals surface area contributed by atoms with Gasteiger partial charge in [-0.3, -0.25) is 14.2 Å². The van der Waals surface area contributed by atoms with Gasteiger partial charge in [-0.15, -0.1) is 11.3 Å². The van der Waals surface area contributed by atoms with Crippen molar-refractivity contribution in [3.8, 4) is 0 Å². The average molecular weight is 374 g/mol. The Kier molecular flexibility index (Phi) is 3.69. The molecule has 0 radical (unpaired) electrons. The maximum atomic E-state index is 13.4. The Bertz CT molecular complexity index is 987. The number of thiophene rings is 1. The number of nitrogens with zero attached hydrogens (tertiary/aromatic N) is 3. The van der Waals surface area contributed by atoms with Crippen LogP contribution in [0.25, 0.3) is 10.2 Å². The van der Waals surface area contributed by atoms with E-state index in [4.69, 9.17) is 0 Å². The lowest BCUT2D eigenvalue weighted by Crippen LogP contribution is -2.37. The molecular weight excluding hydrogens is 346 g/mol. The summed E-state index contributed by atoms with van der Waals surface area (Å²) in [6, 6.07) is 0.304. The number of aromatic nitrogens is 2. The molecule has 2 atom stereocenters. The Morgan fingerprint density at radius 2 is 1.92 bits per heavy atom. The van der Waals surface area contributed by atoms with Crippen molar-refractivity contribution in [3.05, 3.63) is 26.6 Å². The zero-order valence-electron chi connectivity index (χ0n) is 16.5. The molecule has 6 heteroatoms. The molecule has 4 rings (SSSR count). The molecule has 2 bridgehead atoms. The molecule has 3 heterocycles. The molecular formula is C20H27N3O2S. The monoisotopic (exact) mass is 373 g/mol. The third-order valence-electron chi connectivity index (χ3n) is 6.27. The van der Waals surface area contributed by atoms with Gasteiger partial charge in [-0.05, 0) is 49.5 Å². The first kappa shape index (κ1) is 17.7. The molecule has 0 N–H and O–H groups in total. The molecule has 1 saturated heterocycles. The number of hydrogen-bond acceptors (Lipinski definition) is 4. The van der Waals surface area contributed by atoms with Crippen molar-refractivity contribution in [1.82, 2.24) is 14.5 Å². The van der Waals surface area contributed by atoms with Crippen molar-refractivity contribution < 1.29 is 4.79 Å². The van der Waals surface area contributed by atoms with Crippen molar-refractivity contribution in [2.75, 3.05) is 6.54 Å². The number of rotatable bonds is 1. The Morgan fingerprint density at radius 3 is 2.62 bits per heavy atom. The van der Waals surface area contributed by atoms with Crippen LogP contribution in [0.1, 0.15) is 61.1 Å². The minimum absolute atomic E-state index is 0.0615. The van der Waals surface area contributed by atoms with Crippen LogP contribution in [0.3, 0.4) is 0 Å². The second-order valence-electron chi connectivity index (χ2n) is 9.41. The fraction of sp³-hybridized carbons (Fsp3) is 0.650. The van der Waals surface area contributed by atoms with E-state index in [2.05, 4.69) is 30.7 Å². The number of carbonyl (C=O) groups is 1. The molecule has 2 unspecified atom stereocenters. The SMILES string of the molecule is Cc1c(C(=O)N2CC3(C)CC2CC(C)(C)C3)sc2nc(C)n(C)c(=O)c12. The van der Waals surface area contributed by atoms with E-state index in [-0.39, 0.29) is 22.3 Å². The van der Waals surface area contributed by atoms with Crippen LogP contribution in [0.2, 0.25) is 0 Å². The van der Waals surface area contributed by atoms with Crippen LogP contribution in [-0.2, 0) is 7.05 Å². The van der Waals surface area contributed by atoms with Crippen molar-refractivity contribution in [3.63, 3.8) is 0 Å². The lowest BCUT2D eigenvalue weighted by molar-refractivity contribution is 0.0712. The second-order valence-corrected chi connectivity index (χ2v) is 10.4. The van der Waals surface area contributed by atoms with Crippen LogP contribution < -0.4 is 5.56 Å². The van der Waals surface area contributed by atoms with Gasteiger partial charge in [0.25, 0.3) is 11.5 Å². The number of carbonyl (C=O) groups excluding carboxylic acids is 1. The fourth-order valence-electron chi connectivity index (χ4n) is 5.40. The highest BCUT2D eigenvalue weighted by Gasteiger charge is 2.51. The van der Waals surface area contributed by atoms with E-state index >= 15 is 0 Å². The summed E-state index contributed by atoms with van der Waals surface area (Å²) in [6.45, 7) is 11.5. The molecule has 1 aliphatic carbocycles. The molecule has 2 fully saturated rings. The maximum absolute atomic E-state index is 13.4. The molecule has 2 aromatic heterocycles. The molecule has 140 valence electrons. The predicted molar refractivity (Wildman–Crippen MR) is 105 cm³/mol. The van der Waals surface area contributed by atoms with Crippen LogP contribution in [0, 0.1) is 24.7 Å². The summed E-state index contributed by atoms with van der Waals surface area (Å²) in [7, 11) is 1.73. The first-order valence-electron chi connectivity index (χ1n) is 9.29. The minimum Gasteiger partial charge on any atom is -0.334 e. The highest BCUT2D eigenvalue weighted by atomic mass is 32.1. The zero-order chi connectivity index (χ0) is 19.0. The first-order chi connectivity index (χ1) is 12.0. The third kappa shape index (κ3) is 2.53. The largest absolute Gasteiger partial charge is 0.334 e. The zero-order valence-corrected chi connectivity index (χ0v) is 17.3. The van der Waals surface area contributed by atoms with E-state index in [0.29, 0.717) is 27.0 Å². The van der Waals surface area contributed by atoms with Crippen LogP contribution in [0.5, 0.6) is 0 Å². The number of amides is 1. The van der Waals surface area contributed by atoms with E-state index in [1.54, 1.807) is 11.6 Å². The Balaban J connectivity index is 1.77. The molecule has 1 amide bonds. The Labute approximate surface area is 158 Å². The summed E-state index contributed by atoms with van der Waals surface area (Å²) in [6.07, 6.45) is 3.30. The quantitative estimate of drug-likeness (QED) is 0.767. The molecule has 26 heavy (non-hydrogen) atoms. The highest BCUT2D eigenvalue weighted by molar-refractivity contribution is 7.20. The minimum atomic E-state index is -0.0615.